The van der Waals surface area contributed by atoms with Gasteiger partial charge in [0.05, 0.1) is 6.21 Å². The number of benzene rings is 2. The zero-order chi connectivity index (χ0) is 14.8. The van der Waals surface area contributed by atoms with Gasteiger partial charge in [-0.15, -0.1) is 12.4 Å². The van der Waals surface area contributed by atoms with Crippen LogP contribution in [0.2, 0.25) is 0 Å². The van der Waals surface area contributed by atoms with Crippen LogP contribution in [0, 0.1) is 0 Å². The highest BCUT2D eigenvalue weighted by atomic mass is 35.5. The predicted octanol–water partition coefficient (Wildman–Crippen LogP) is 2.65. The summed E-state index contributed by atoms with van der Waals surface area (Å²) in [5.41, 5.74) is 9.62. The van der Waals surface area contributed by atoms with E-state index in [1.807, 2.05) is 36.4 Å². The summed E-state index contributed by atoms with van der Waals surface area (Å²) in [4.78, 5) is 14.5. The predicted molar refractivity (Wildman–Crippen MR) is 91.3 cm³/mol. The van der Waals surface area contributed by atoms with Crippen molar-refractivity contribution in [3.63, 3.8) is 0 Å². The third-order valence-corrected chi connectivity index (χ3v) is 3.35. The maximum atomic E-state index is 11.2. The zero-order valence-corrected chi connectivity index (χ0v) is 12.4. The van der Waals surface area contributed by atoms with E-state index in [1.165, 1.54) is 0 Å². The first-order valence-electron chi connectivity index (χ1n) is 6.43. The van der Waals surface area contributed by atoms with E-state index < -0.39 is 5.91 Å². The molecule has 2 aromatic carbocycles. The minimum atomic E-state index is -0.432. The van der Waals surface area contributed by atoms with Crippen LogP contribution in [0.3, 0.4) is 0 Å². The van der Waals surface area contributed by atoms with Gasteiger partial charge in [0.25, 0.3) is 0 Å². The number of carbonyl (C=O) groups is 1. The molecule has 0 aliphatic heterocycles. The first-order valence-corrected chi connectivity index (χ1v) is 6.43. The largest absolute Gasteiger partial charge is 0.366 e. The van der Waals surface area contributed by atoms with Crippen LogP contribution in [0.1, 0.15) is 15.9 Å². The average molecular weight is 315 g/mol. The first-order chi connectivity index (χ1) is 10.2. The van der Waals surface area contributed by atoms with Crippen molar-refractivity contribution in [3.05, 3.63) is 59.7 Å². The monoisotopic (exact) mass is 314 g/mol. The molecule has 1 amide bonds. The Morgan fingerprint density at radius 1 is 1.09 bits per heavy atom. The van der Waals surface area contributed by atoms with Gasteiger partial charge in [-0.3, -0.25) is 4.79 Å². The molecule has 0 spiro atoms. The Labute approximate surface area is 133 Å². The number of halogens is 1. The number of nitrogens with one attached hydrogen (secondary N) is 1. The molecule has 0 saturated carbocycles. The van der Waals surface area contributed by atoms with Crippen molar-refractivity contribution in [2.45, 2.75) is 0 Å². The molecule has 0 radical (unpaired) electrons. The van der Waals surface area contributed by atoms with Crippen molar-refractivity contribution in [2.24, 2.45) is 16.7 Å². The zero-order valence-electron chi connectivity index (χ0n) is 11.6. The molecule has 0 aliphatic carbocycles. The van der Waals surface area contributed by atoms with Crippen LogP contribution in [-0.4, -0.2) is 17.1 Å². The Morgan fingerprint density at radius 3 is 2.45 bits per heavy atom. The number of primary amides is 1. The van der Waals surface area contributed by atoms with Crippen LogP contribution in [-0.2, 0) is 0 Å². The molecule has 112 valence electrons. The lowest BCUT2D eigenvalue weighted by atomic mass is 10.1. The molecule has 0 unspecified atom stereocenters. The maximum Gasteiger partial charge on any atom is 0.248 e. The van der Waals surface area contributed by atoms with E-state index in [0.717, 1.165) is 27.7 Å². The van der Waals surface area contributed by atoms with Crippen LogP contribution >= 0.6 is 12.4 Å². The topological polar surface area (TPSA) is 97.3 Å². The second kappa shape index (κ2) is 6.32. The van der Waals surface area contributed by atoms with Gasteiger partial charge in [0.1, 0.15) is 0 Å². The molecule has 3 aromatic rings. The molecule has 0 saturated heterocycles. The van der Waals surface area contributed by atoms with E-state index in [2.05, 4.69) is 10.1 Å². The van der Waals surface area contributed by atoms with Crippen molar-refractivity contribution in [2.75, 3.05) is 0 Å². The molecule has 5 N–H and O–H groups in total. The number of fused-ring (bicyclic) bond motifs is 1. The molecular weight excluding hydrogens is 300 g/mol. The Hall–Kier alpha value is -2.79. The number of hydrogen-bond donors (Lipinski definition) is 3. The SMILES string of the molecule is Cl.NN=Cc1ccc(-c2cc3ccc(C(N)=O)cc3[nH]2)cc1. The van der Waals surface area contributed by atoms with Crippen LogP contribution in [0.5, 0.6) is 0 Å². The highest BCUT2D eigenvalue weighted by Crippen LogP contribution is 2.25. The lowest BCUT2D eigenvalue weighted by Crippen LogP contribution is -2.10. The molecule has 5 nitrogen and oxygen atoms in total. The fourth-order valence-electron chi connectivity index (χ4n) is 2.27. The van der Waals surface area contributed by atoms with Crippen molar-refractivity contribution in [1.29, 1.82) is 0 Å². The lowest BCUT2D eigenvalue weighted by molar-refractivity contribution is 0.100. The minimum absolute atomic E-state index is 0. The normalized spacial score (nSPS) is 10.7. The number of rotatable bonds is 3. The Bertz CT molecular complexity index is 837. The second-order valence-corrected chi connectivity index (χ2v) is 4.75. The van der Waals surface area contributed by atoms with Gasteiger partial charge < -0.3 is 16.6 Å². The summed E-state index contributed by atoms with van der Waals surface area (Å²) in [5.74, 6) is 4.69. The van der Waals surface area contributed by atoms with E-state index in [1.54, 1.807) is 18.3 Å². The standard InChI is InChI=1S/C16H14N4O.ClH/c17-16(21)13-6-5-12-7-14(20-15(12)8-13)11-3-1-10(2-4-11)9-19-18;/h1-9,20H,18H2,(H2,17,21);1H. The van der Waals surface area contributed by atoms with E-state index in [-0.39, 0.29) is 12.4 Å². The van der Waals surface area contributed by atoms with E-state index in [0.29, 0.717) is 5.56 Å². The van der Waals surface area contributed by atoms with Crippen molar-refractivity contribution in [1.82, 2.24) is 4.98 Å². The van der Waals surface area contributed by atoms with Gasteiger partial charge in [-0.25, -0.2) is 0 Å². The number of carbonyl (C=O) groups excluding carboxylic acids is 1. The van der Waals surface area contributed by atoms with E-state index in [9.17, 15) is 4.79 Å². The van der Waals surface area contributed by atoms with Crippen LogP contribution in [0.4, 0.5) is 0 Å². The summed E-state index contributed by atoms with van der Waals surface area (Å²) in [6.45, 7) is 0. The Kier molecular flexibility index (Phi) is 4.48. The van der Waals surface area contributed by atoms with Gasteiger partial charge >= 0.3 is 0 Å². The van der Waals surface area contributed by atoms with Crippen LogP contribution in [0.15, 0.2) is 53.6 Å². The number of hydrogen-bond acceptors (Lipinski definition) is 3. The maximum absolute atomic E-state index is 11.2. The molecule has 1 aromatic heterocycles. The Morgan fingerprint density at radius 2 is 1.82 bits per heavy atom. The van der Waals surface area contributed by atoms with Crippen molar-refractivity contribution < 1.29 is 4.79 Å². The smallest absolute Gasteiger partial charge is 0.248 e. The van der Waals surface area contributed by atoms with Crippen LogP contribution < -0.4 is 11.6 Å². The Balaban J connectivity index is 0.00000176. The van der Waals surface area contributed by atoms with Gasteiger partial charge in [0.15, 0.2) is 0 Å². The molecule has 22 heavy (non-hydrogen) atoms. The highest BCUT2D eigenvalue weighted by molar-refractivity contribution is 5.98. The van der Waals surface area contributed by atoms with E-state index in [4.69, 9.17) is 11.6 Å². The third kappa shape index (κ3) is 2.94. The number of aromatic amines is 1. The lowest BCUT2D eigenvalue weighted by Gasteiger charge is -1.98. The fourth-order valence-corrected chi connectivity index (χ4v) is 2.27. The molecule has 0 atom stereocenters. The number of amides is 1. The van der Waals surface area contributed by atoms with Gasteiger partial charge in [0.2, 0.25) is 5.91 Å². The summed E-state index contributed by atoms with van der Waals surface area (Å²) in [6, 6.07) is 15.2. The molecule has 0 bridgehead atoms. The number of aromatic nitrogens is 1. The summed E-state index contributed by atoms with van der Waals surface area (Å²) < 4.78 is 0. The molecular formula is C16H15ClN4O. The molecule has 6 heteroatoms. The van der Waals surface area contributed by atoms with Gasteiger partial charge in [0, 0.05) is 22.2 Å². The van der Waals surface area contributed by atoms with Gasteiger partial charge in [-0.2, -0.15) is 5.10 Å². The number of H-pyrrole nitrogens is 1. The number of nitrogens with zero attached hydrogens (tertiary/aromatic N) is 1. The minimum Gasteiger partial charge on any atom is -0.366 e. The summed E-state index contributed by atoms with van der Waals surface area (Å²) in [5, 5.41) is 4.52. The fraction of sp³-hybridized carbons (Fsp3) is 0. The molecule has 0 fully saturated rings. The molecule has 1 heterocycles. The summed E-state index contributed by atoms with van der Waals surface area (Å²) >= 11 is 0. The third-order valence-electron chi connectivity index (χ3n) is 3.35. The average Bonchev–Trinajstić information content (AvgIpc) is 2.91. The summed E-state index contributed by atoms with van der Waals surface area (Å²) in [6.07, 6.45) is 1.59. The van der Waals surface area contributed by atoms with Crippen molar-refractivity contribution in [3.8, 4) is 11.3 Å². The highest BCUT2D eigenvalue weighted by Gasteiger charge is 2.06. The number of hydrazone groups is 1. The van der Waals surface area contributed by atoms with Gasteiger partial charge in [-0.1, -0.05) is 30.3 Å². The van der Waals surface area contributed by atoms with E-state index >= 15 is 0 Å². The first kappa shape index (κ1) is 15.6. The van der Waals surface area contributed by atoms with Crippen LogP contribution in [0.25, 0.3) is 22.2 Å². The van der Waals surface area contributed by atoms with Gasteiger partial charge in [-0.05, 0) is 29.3 Å². The molecule has 3 rings (SSSR count). The second-order valence-electron chi connectivity index (χ2n) is 4.75. The molecule has 0 aliphatic rings. The summed E-state index contributed by atoms with van der Waals surface area (Å²) in [7, 11) is 0. The number of nitrogens with two attached hydrogens (primary N) is 2. The quantitative estimate of drug-likeness (QED) is 0.393. The van der Waals surface area contributed by atoms with Crippen molar-refractivity contribution >= 4 is 35.4 Å².